The Kier molecular flexibility index (Phi) is 4.37. The summed E-state index contributed by atoms with van der Waals surface area (Å²) in [6.07, 6.45) is 0. The van der Waals surface area contributed by atoms with Gasteiger partial charge in [0.15, 0.2) is 0 Å². The summed E-state index contributed by atoms with van der Waals surface area (Å²) in [6, 6.07) is 9.71. The van der Waals surface area contributed by atoms with E-state index in [9.17, 15) is 9.18 Å². The molecule has 0 unspecified atom stereocenters. The van der Waals surface area contributed by atoms with E-state index in [1.54, 1.807) is 25.1 Å². The van der Waals surface area contributed by atoms with E-state index < -0.39 is 0 Å². The van der Waals surface area contributed by atoms with Crippen LogP contribution >= 0.6 is 31.9 Å². The minimum atomic E-state index is -0.372. The number of carbonyl (C=O) groups excluding carboxylic acids is 1. The van der Waals surface area contributed by atoms with Gasteiger partial charge >= 0.3 is 0 Å². The highest BCUT2D eigenvalue weighted by atomic mass is 79.9. The Hall–Kier alpha value is -1.20. The third-order valence-corrected chi connectivity index (χ3v) is 3.66. The van der Waals surface area contributed by atoms with Crippen molar-refractivity contribution >= 4 is 43.5 Å². The van der Waals surface area contributed by atoms with Crippen LogP contribution in [0.2, 0.25) is 0 Å². The number of rotatable bonds is 2. The largest absolute Gasteiger partial charge is 0.322 e. The van der Waals surface area contributed by atoms with E-state index in [1.165, 1.54) is 12.1 Å². The molecule has 0 saturated heterocycles. The molecule has 0 aliphatic carbocycles. The van der Waals surface area contributed by atoms with Crippen molar-refractivity contribution in [2.75, 3.05) is 5.32 Å². The second kappa shape index (κ2) is 5.84. The van der Waals surface area contributed by atoms with Gasteiger partial charge in [0.05, 0.1) is 5.56 Å². The third kappa shape index (κ3) is 3.64. The zero-order chi connectivity index (χ0) is 14.0. The Morgan fingerprint density at radius 2 is 1.89 bits per heavy atom. The maximum Gasteiger partial charge on any atom is 0.256 e. The highest BCUT2D eigenvalue weighted by molar-refractivity contribution is 9.11. The van der Waals surface area contributed by atoms with Crippen molar-refractivity contribution in [1.82, 2.24) is 0 Å². The molecule has 2 aromatic rings. The molecule has 0 radical (unpaired) electrons. The number of hydrogen-bond acceptors (Lipinski definition) is 1. The number of aryl methyl sites for hydroxylation is 1. The maximum absolute atomic E-state index is 13.3. The lowest BCUT2D eigenvalue weighted by Gasteiger charge is -2.08. The van der Waals surface area contributed by atoms with E-state index in [4.69, 9.17) is 0 Å². The van der Waals surface area contributed by atoms with Crippen LogP contribution in [0, 0.1) is 12.7 Å². The lowest BCUT2D eigenvalue weighted by molar-refractivity contribution is 0.102. The molecule has 0 atom stereocenters. The van der Waals surface area contributed by atoms with Crippen molar-refractivity contribution in [3.8, 4) is 0 Å². The van der Waals surface area contributed by atoms with Crippen LogP contribution in [0.5, 0.6) is 0 Å². The Morgan fingerprint density at radius 3 is 2.58 bits per heavy atom. The van der Waals surface area contributed by atoms with Gasteiger partial charge in [0.25, 0.3) is 5.91 Å². The Morgan fingerprint density at radius 1 is 1.16 bits per heavy atom. The zero-order valence-electron chi connectivity index (χ0n) is 10.0. The van der Waals surface area contributed by atoms with Gasteiger partial charge in [-0.3, -0.25) is 4.79 Å². The minimum absolute atomic E-state index is 0.293. The maximum atomic E-state index is 13.3. The molecule has 98 valence electrons. The predicted molar refractivity (Wildman–Crippen MR) is 80.9 cm³/mol. The molecule has 2 aromatic carbocycles. The van der Waals surface area contributed by atoms with Crippen LogP contribution in [0.4, 0.5) is 10.1 Å². The molecular formula is C14H10Br2FNO. The number of hydrogen-bond donors (Lipinski definition) is 1. The van der Waals surface area contributed by atoms with Gasteiger partial charge in [-0.1, -0.05) is 15.9 Å². The van der Waals surface area contributed by atoms with Crippen molar-refractivity contribution in [2.45, 2.75) is 6.92 Å². The summed E-state index contributed by atoms with van der Waals surface area (Å²) < 4.78 is 14.7. The summed E-state index contributed by atoms with van der Waals surface area (Å²) in [4.78, 5) is 12.1. The number of anilines is 1. The standard InChI is InChI=1S/C14H10Br2FNO/c1-8-4-10(17)7-11(5-8)18-14(19)12-6-9(15)2-3-13(12)16/h2-7H,1H3,(H,18,19). The predicted octanol–water partition coefficient (Wildman–Crippen LogP) is 4.91. The summed E-state index contributed by atoms with van der Waals surface area (Å²) in [7, 11) is 0. The normalized spacial score (nSPS) is 10.3. The van der Waals surface area contributed by atoms with Gasteiger partial charge in [0, 0.05) is 14.6 Å². The number of amides is 1. The quantitative estimate of drug-likeness (QED) is 0.780. The van der Waals surface area contributed by atoms with E-state index in [-0.39, 0.29) is 11.7 Å². The van der Waals surface area contributed by atoms with Crippen molar-refractivity contribution in [3.63, 3.8) is 0 Å². The van der Waals surface area contributed by atoms with Crippen molar-refractivity contribution < 1.29 is 9.18 Å². The summed E-state index contributed by atoms with van der Waals surface area (Å²) in [5, 5.41) is 2.68. The summed E-state index contributed by atoms with van der Waals surface area (Å²) in [6.45, 7) is 1.77. The van der Waals surface area contributed by atoms with E-state index >= 15 is 0 Å². The average molecular weight is 387 g/mol. The molecule has 0 spiro atoms. The van der Waals surface area contributed by atoms with Crippen LogP contribution in [0.15, 0.2) is 45.3 Å². The second-order valence-electron chi connectivity index (χ2n) is 4.10. The first-order chi connectivity index (χ1) is 8.95. The fourth-order valence-corrected chi connectivity index (χ4v) is 2.47. The first kappa shape index (κ1) is 14.2. The van der Waals surface area contributed by atoms with E-state index in [1.807, 2.05) is 6.07 Å². The molecule has 0 aliphatic rings. The molecule has 0 saturated carbocycles. The molecule has 2 nitrogen and oxygen atoms in total. The Bertz CT molecular complexity index is 623. The zero-order valence-corrected chi connectivity index (χ0v) is 13.2. The fourth-order valence-electron chi connectivity index (χ4n) is 1.68. The van der Waals surface area contributed by atoms with Gasteiger partial charge in [0.1, 0.15) is 5.82 Å². The van der Waals surface area contributed by atoms with Gasteiger partial charge < -0.3 is 5.32 Å². The highest BCUT2D eigenvalue weighted by Gasteiger charge is 2.11. The van der Waals surface area contributed by atoms with Crippen LogP contribution in [0.3, 0.4) is 0 Å². The van der Waals surface area contributed by atoms with E-state index in [0.717, 1.165) is 10.0 Å². The van der Waals surface area contributed by atoms with Crippen LogP contribution in [-0.2, 0) is 0 Å². The fraction of sp³-hybridized carbons (Fsp3) is 0.0714. The Balaban J connectivity index is 2.28. The molecule has 1 amide bonds. The first-order valence-electron chi connectivity index (χ1n) is 5.49. The molecule has 0 bridgehead atoms. The third-order valence-electron chi connectivity index (χ3n) is 2.47. The van der Waals surface area contributed by atoms with Gasteiger partial charge in [-0.25, -0.2) is 4.39 Å². The molecule has 0 aliphatic heterocycles. The van der Waals surface area contributed by atoms with Crippen molar-refractivity contribution in [2.24, 2.45) is 0 Å². The smallest absolute Gasteiger partial charge is 0.256 e. The number of nitrogens with one attached hydrogen (secondary N) is 1. The van der Waals surface area contributed by atoms with Gasteiger partial charge in [0.2, 0.25) is 0 Å². The Labute approximate surface area is 127 Å². The van der Waals surface area contributed by atoms with Crippen LogP contribution < -0.4 is 5.32 Å². The SMILES string of the molecule is Cc1cc(F)cc(NC(=O)c2cc(Br)ccc2Br)c1. The minimum Gasteiger partial charge on any atom is -0.322 e. The van der Waals surface area contributed by atoms with Gasteiger partial charge in [-0.2, -0.15) is 0 Å². The molecule has 5 heteroatoms. The van der Waals surface area contributed by atoms with Crippen molar-refractivity contribution in [1.29, 1.82) is 0 Å². The highest BCUT2D eigenvalue weighted by Crippen LogP contribution is 2.23. The summed E-state index contributed by atoms with van der Waals surface area (Å²) in [5.74, 6) is -0.665. The number of halogens is 3. The van der Waals surface area contributed by atoms with Crippen molar-refractivity contribution in [3.05, 3.63) is 62.3 Å². The summed E-state index contributed by atoms with van der Waals surface area (Å²) >= 11 is 6.63. The topological polar surface area (TPSA) is 29.1 Å². The molecule has 1 N–H and O–H groups in total. The van der Waals surface area contributed by atoms with Crippen LogP contribution in [0.25, 0.3) is 0 Å². The van der Waals surface area contributed by atoms with Crippen LogP contribution in [0.1, 0.15) is 15.9 Å². The monoisotopic (exact) mass is 385 g/mol. The van der Waals surface area contributed by atoms with Crippen LogP contribution in [-0.4, -0.2) is 5.91 Å². The second-order valence-corrected chi connectivity index (χ2v) is 5.87. The van der Waals surface area contributed by atoms with E-state index in [2.05, 4.69) is 37.2 Å². The van der Waals surface area contributed by atoms with Gasteiger partial charge in [-0.05, 0) is 64.8 Å². The molecule has 2 rings (SSSR count). The molecular weight excluding hydrogens is 377 g/mol. The average Bonchev–Trinajstić information content (AvgIpc) is 2.30. The van der Waals surface area contributed by atoms with E-state index in [0.29, 0.717) is 15.7 Å². The molecule has 0 heterocycles. The number of carbonyl (C=O) groups is 1. The molecule has 0 fully saturated rings. The number of benzene rings is 2. The lowest BCUT2D eigenvalue weighted by atomic mass is 10.2. The molecule has 19 heavy (non-hydrogen) atoms. The lowest BCUT2D eigenvalue weighted by Crippen LogP contribution is -2.12. The molecule has 0 aromatic heterocycles. The summed E-state index contributed by atoms with van der Waals surface area (Å²) in [5.41, 5.74) is 1.68. The van der Waals surface area contributed by atoms with Gasteiger partial charge in [-0.15, -0.1) is 0 Å². The first-order valence-corrected chi connectivity index (χ1v) is 7.08.